The number of nitrogens with zero attached hydrogens (tertiary/aromatic N) is 1. The van der Waals surface area contributed by atoms with Crippen LogP contribution < -0.4 is 5.73 Å². The van der Waals surface area contributed by atoms with Crippen molar-refractivity contribution in [2.45, 2.75) is 6.23 Å². The molecule has 1 aromatic heterocycles. The number of rotatable bonds is 1. The van der Waals surface area contributed by atoms with Gasteiger partial charge < -0.3 is 10.8 Å². The fraction of sp³-hybridized carbons (Fsp3) is 0.250. The van der Waals surface area contributed by atoms with Crippen molar-refractivity contribution in [2.75, 3.05) is 0 Å². The number of aliphatic hydroxyl groups is 1. The van der Waals surface area contributed by atoms with Crippen LogP contribution in [-0.4, -0.2) is 10.1 Å². The minimum Gasteiger partial charge on any atom is -0.373 e. The summed E-state index contributed by atoms with van der Waals surface area (Å²) in [5.74, 6) is 0. The second kappa shape index (κ2) is 2.21. The molecule has 0 bridgehead atoms. The van der Waals surface area contributed by atoms with Gasteiger partial charge in [-0.2, -0.15) is 0 Å². The van der Waals surface area contributed by atoms with Crippen LogP contribution in [0.2, 0.25) is 0 Å². The van der Waals surface area contributed by atoms with Crippen molar-refractivity contribution < 1.29 is 5.11 Å². The molecule has 0 aliphatic carbocycles. The van der Waals surface area contributed by atoms with E-state index in [9.17, 15) is 0 Å². The Morgan fingerprint density at radius 2 is 2.62 bits per heavy atom. The van der Waals surface area contributed by atoms with E-state index in [1.54, 1.807) is 10.9 Å². The predicted octanol–water partition coefficient (Wildman–Crippen LogP) is 0.0927. The third kappa shape index (κ3) is 1.03. The summed E-state index contributed by atoms with van der Waals surface area (Å²) in [7, 11) is 0. The van der Waals surface area contributed by atoms with Crippen molar-refractivity contribution in [3.8, 4) is 0 Å². The molecule has 1 heterocycles. The van der Waals surface area contributed by atoms with Crippen LogP contribution in [0.1, 0.15) is 11.9 Å². The summed E-state index contributed by atoms with van der Waals surface area (Å²) in [4.78, 5) is 3.76. The molecule has 1 aromatic rings. The zero-order valence-corrected chi connectivity index (χ0v) is 4.93. The van der Waals surface area contributed by atoms with Gasteiger partial charge >= 0.3 is 0 Å². The number of hydrogen-bond donors (Lipinski definition) is 2. The Morgan fingerprint density at radius 3 is 2.88 bits per heavy atom. The maximum Gasteiger partial charge on any atom is 0.146 e. The Hall–Kier alpha value is -0.450. The van der Waals surface area contributed by atoms with E-state index in [4.69, 9.17) is 10.8 Å². The van der Waals surface area contributed by atoms with Crippen molar-refractivity contribution >= 4 is 11.3 Å². The topological polar surface area (TPSA) is 59.1 Å². The maximum atomic E-state index is 8.63. The van der Waals surface area contributed by atoms with Gasteiger partial charge in [-0.05, 0) is 0 Å². The lowest BCUT2D eigenvalue weighted by atomic mass is 10.5. The largest absolute Gasteiger partial charge is 0.373 e. The second-order valence-electron chi connectivity index (χ2n) is 1.36. The van der Waals surface area contributed by atoms with Gasteiger partial charge in [0, 0.05) is 5.38 Å². The molecule has 0 amide bonds. The minimum atomic E-state index is -0.916. The molecular weight excluding hydrogens is 124 g/mol. The van der Waals surface area contributed by atoms with Crippen molar-refractivity contribution in [3.63, 3.8) is 0 Å². The Morgan fingerprint density at radius 1 is 1.88 bits per heavy atom. The molecular formula is C4H6N2OS. The van der Waals surface area contributed by atoms with E-state index >= 15 is 0 Å². The zero-order chi connectivity index (χ0) is 5.98. The number of hydrogen-bond acceptors (Lipinski definition) is 4. The van der Waals surface area contributed by atoms with E-state index in [0.29, 0.717) is 5.69 Å². The summed E-state index contributed by atoms with van der Waals surface area (Å²) in [6.45, 7) is 0. The SMILES string of the molecule is N[C@H](O)c1cscn1. The molecule has 0 saturated heterocycles. The molecule has 0 unspecified atom stereocenters. The summed E-state index contributed by atoms with van der Waals surface area (Å²) >= 11 is 1.42. The van der Waals surface area contributed by atoms with E-state index in [2.05, 4.69) is 4.98 Å². The van der Waals surface area contributed by atoms with Gasteiger partial charge in [-0.25, -0.2) is 4.98 Å². The molecule has 1 rings (SSSR count). The Labute approximate surface area is 50.8 Å². The third-order valence-electron chi connectivity index (χ3n) is 0.754. The van der Waals surface area contributed by atoms with Gasteiger partial charge in [0.1, 0.15) is 6.23 Å². The lowest BCUT2D eigenvalue weighted by Crippen LogP contribution is -2.08. The monoisotopic (exact) mass is 130 g/mol. The van der Waals surface area contributed by atoms with E-state index < -0.39 is 6.23 Å². The van der Waals surface area contributed by atoms with Crippen LogP contribution in [0.5, 0.6) is 0 Å². The molecule has 3 N–H and O–H groups in total. The molecule has 0 saturated carbocycles. The van der Waals surface area contributed by atoms with Crippen LogP contribution in [-0.2, 0) is 0 Å². The van der Waals surface area contributed by atoms with Crippen LogP contribution in [0.4, 0.5) is 0 Å². The van der Waals surface area contributed by atoms with Gasteiger partial charge in [-0.1, -0.05) is 0 Å². The molecule has 8 heavy (non-hydrogen) atoms. The number of aromatic nitrogens is 1. The Balaban J connectivity index is 2.77. The molecule has 0 spiro atoms. The van der Waals surface area contributed by atoms with Crippen molar-refractivity contribution in [3.05, 3.63) is 16.6 Å². The van der Waals surface area contributed by atoms with Crippen LogP contribution in [0, 0.1) is 0 Å². The molecule has 44 valence electrons. The fourth-order valence-electron chi connectivity index (χ4n) is 0.368. The van der Waals surface area contributed by atoms with Crippen molar-refractivity contribution in [1.82, 2.24) is 4.98 Å². The standard InChI is InChI=1S/C4H6N2OS/c5-4(7)3-1-8-2-6-3/h1-2,4,7H,5H2/t4-/m1/s1. The summed E-state index contributed by atoms with van der Waals surface area (Å²) in [6, 6.07) is 0. The second-order valence-corrected chi connectivity index (χ2v) is 2.08. The van der Waals surface area contributed by atoms with Crippen LogP contribution >= 0.6 is 11.3 Å². The summed E-state index contributed by atoms with van der Waals surface area (Å²) in [5.41, 5.74) is 7.23. The molecule has 3 nitrogen and oxygen atoms in total. The van der Waals surface area contributed by atoms with E-state index in [-0.39, 0.29) is 0 Å². The van der Waals surface area contributed by atoms with E-state index in [1.807, 2.05) is 0 Å². The first-order valence-corrected chi connectivity index (χ1v) is 3.06. The van der Waals surface area contributed by atoms with Gasteiger partial charge in [0.15, 0.2) is 0 Å². The van der Waals surface area contributed by atoms with Gasteiger partial charge in [-0.15, -0.1) is 11.3 Å². The fourth-order valence-corrected chi connectivity index (χ4v) is 0.951. The first-order valence-electron chi connectivity index (χ1n) is 2.12. The number of nitrogens with two attached hydrogens (primary N) is 1. The van der Waals surface area contributed by atoms with Gasteiger partial charge in [0.2, 0.25) is 0 Å². The highest BCUT2D eigenvalue weighted by Crippen LogP contribution is 2.05. The highest BCUT2D eigenvalue weighted by atomic mass is 32.1. The summed E-state index contributed by atoms with van der Waals surface area (Å²) in [6.07, 6.45) is -0.916. The Bertz CT molecular complexity index is 149. The van der Waals surface area contributed by atoms with E-state index in [0.717, 1.165) is 0 Å². The van der Waals surface area contributed by atoms with Gasteiger partial charge in [0.25, 0.3) is 0 Å². The normalized spacial score (nSPS) is 13.8. The number of aliphatic hydroxyl groups excluding tert-OH is 1. The zero-order valence-electron chi connectivity index (χ0n) is 4.11. The highest BCUT2D eigenvalue weighted by molar-refractivity contribution is 7.07. The average Bonchev–Trinajstić information content (AvgIpc) is 2.12. The molecule has 0 aromatic carbocycles. The molecule has 1 atom stereocenters. The van der Waals surface area contributed by atoms with E-state index in [1.165, 1.54) is 11.3 Å². The maximum absolute atomic E-state index is 8.63. The third-order valence-corrected chi connectivity index (χ3v) is 1.36. The summed E-state index contributed by atoms with van der Waals surface area (Å²) in [5, 5.41) is 10.3. The van der Waals surface area contributed by atoms with Gasteiger partial charge in [-0.3, -0.25) is 0 Å². The first kappa shape index (κ1) is 5.68. The molecule has 0 aliphatic heterocycles. The predicted molar refractivity (Wildman–Crippen MR) is 31.3 cm³/mol. The molecule has 0 aliphatic rings. The molecule has 4 heteroatoms. The van der Waals surface area contributed by atoms with Crippen molar-refractivity contribution in [2.24, 2.45) is 5.73 Å². The first-order chi connectivity index (χ1) is 3.80. The number of thiazole rings is 1. The molecule has 0 fully saturated rings. The van der Waals surface area contributed by atoms with Crippen LogP contribution in [0.15, 0.2) is 10.9 Å². The van der Waals surface area contributed by atoms with Gasteiger partial charge in [0.05, 0.1) is 11.2 Å². The smallest absolute Gasteiger partial charge is 0.146 e. The lowest BCUT2D eigenvalue weighted by molar-refractivity contribution is 0.182. The summed E-state index contributed by atoms with van der Waals surface area (Å²) < 4.78 is 0. The quantitative estimate of drug-likeness (QED) is 0.530. The van der Waals surface area contributed by atoms with Crippen LogP contribution in [0.3, 0.4) is 0 Å². The lowest BCUT2D eigenvalue weighted by Gasteiger charge is -1.94. The molecule has 0 radical (unpaired) electrons. The van der Waals surface area contributed by atoms with Crippen molar-refractivity contribution in [1.29, 1.82) is 0 Å². The average molecular weight is 130 g/mol. The Kier molecular flexibility index (Phi) is 1.57. The van der Waals surface area contributed by atoms with Crippen LogP contribution in [0.25, 0.3) is 0 Å². The highest BCUT2D eigenvalue weighted by Gasteiger charge is 1.99. The minimum absolute atomic E-state index is 0.537.